The van der Waals surface area contributed by atoms with E-state index in [1.165, 1.54) is 4.57 Å². The molecule has 0 aliphatic rings. The zero-order valence-corrected chi connectivity index (χ0v) is 13.8. The molecule has 106 valence electrons. The molecule has 0 radical (unpaired) electrons. The van der Waals surface area contributed by atoms with Crippen LogP contribution in [0.3, 0.4) is 0 Å². The van der Waals surface area contributed by atoms with Crippen LogP contribution in [-0.4, -0.2) is 9.55 Å². The number of fused-ring (bicyclic) bond motifs is 1. The lowest BCUT2D eigenvalue weighted by molar-refractivity contribution is 0.955. The summed E-state index contributed by atoms with van der Waals surface area (Å²) in [5, 5.41) is 0.499. The number of para-hydroxylation sites is 1. The van der Waals surface area contributed by atoms with E-state index >= 15 is 0 Å². The van der Waals surface area contributed by atoms with Crippen molar-refractivity contribution >= 4 is 48.7 Å². The largest absolute Gasteiger partial charge is 0.293 e. The van der Waals surface area contributed by atoms with Crippen molar-refractivity contribution in [3.8, 4) is 5.69 Å². The van der Waals surface area contributed by atoms with Crippen molar-refractivity contribution in [2.45, 2.75) is 0 Å². The lowest BCUT2D eigenvalue weighted by Gasteiger charge is -2.13. The highest BCUT2D eigenvalue weighted by Gasteiger charge is 2.14. The van der Waals surface area contributed by atoms with Crippen LogP contribution in [0.15, 0.2) is 56.2 Å². The molecule has 21 heavy (non-hydrogen) atoms. The summed E-state index contributed by atoms with van der Waals surface area (Å²) in [5.74, 6) is 5.81. The van der Waals surface area contributed by atoms with Gasteiger partial charge in [-0.25, -0.2) is 15.4 Å². The van der Waals surface area contributed by atoms with E-state index in [1.807, 2.05) is 36.4 Å². The summed E-state index contributed by atoms with van der Waals surface area (Å²) in [6.07, 6.45) is 0. The van der Waals surface area contributed by atoms with Crippen LogP contribution in [0.5, 0.6) is 0 Å². The monoisotopic (exact) mass is 408 g/mol. The first-order valence-corrected chi connectivity index (χ1v) is 7.64. The molecule has 3 rings (SSSR count). The van der Waals surface area contributed by atoms with E-state index in [9.17, 15) is 4.79 Å². The molecule has 0 spiro atoms. The first kappa shape index (κ1) is 14.2. The van der Waals surface area contributed by atoms with Gasteiger partial charge < -0.3 is 0 Å². The standard InChI is InChI=1S/C14H10Br2N4O/c15-8-6-10-12(11(16)7-8)18-14(19-17)20(13(10)21)9-4-2-1-3-5-9/h1-7H,17H2,(H,18,19). The summed E-state index contributed by atoms with van der Waals surface area (Å²) in [4.78, 5) is 17.2. The van der Waals surface area contributed by atoms with Crippen LogP contribution in [0.2, 0.25) is 0 Å². The molecule has 3 aromatic rings. The van der Waals surface area contributed by atoms with E-state index in [4.69, 9.17) is 5.84 Å². The topological polar surface area (TPSA) is 72.9 Å². The first-order valence-electron chi connectivity index (χ1n) is 6.05. The third-order valence-electron chi connectivity index (χ3n) is 3.03. The average Bonchev–Trinajstić information content (AvgIpc) is 2.48. The molecular formula is C14H10Br2N4O. The minimum Gasteiger partial charge on any atom is -0.293 e. The number of aromatic nitrogens is 2. The molecule has 0 saturated heterocycles. The Kier molecular flexibility index (Phi) is 3.79. The first-order chi connectivity index (χ1) is 10.1. The number of nitrogen functional groups attached to an aromatic ring is 1. The van der Waals surface area contributed by atoms with Crippen LogP contribution in [0, 0.1) is 0 Å². The number of anilines is 1. The zero-order valence-electron chi connectivity index (χ0n) is 10.7. The quantitative estimate of drug-likeness (QED) is 0.503. The predicted octanol–water partition coefficient (Wildman–Crippen LogP) is 3.20. The Morgan fingerprint density at radius 1 is 1.14 bits per heavy atom. The molecule has 0 amide bonds. The van der Waals surface area contributed by atoms with E-state index in [-0.39, 0.29) is 11.5 Å². The maximum absolute atomic E-state index is 12.8. The summed E-state index contributed by atoms with van der Waals surface area (Å²) in [6, 6.07) is 12.8. The summed E-state index contributed by atoms with van der Waals surface area (Å²) >= 11 is 6.80. The number of nitrogens with two attached hydrogens (primary N) is 1. The minimum absolute atomic E-state index is 0.193. The van der Waals surface area contributed by atoms with E-state index in [0.717, 1.165) is 8.95 Å². The van der Waals surface area contributed by atoms with Gasteiger partial charge in [-0.15, -0.1) is 0 Å². The van der Waals surface area contributed by atoms with Gasteiger partial charge in [0.2, 0.25) is 5.95 Å². The summed E-state index contributed by atoms with van der Waals surface area (Å²) in [5.41, 5.74) is 3.55. The molecule has 1 aromatic heterocycles. The molecular weight excluding hydrogens is 400 g/mol. The van der Waals surface area contributed by atoms with Crippen molar-refractivity contribution in [3.05, 3.63) is 61.8 Å². The van der Waals surface area contributed by atoms with Crippen LogP contribution < -0.4 is 16.8 Å². The summed E-state index contributed by atoms with van der Waals surface area (Å²) in [7, 11) is 0. The molecule has 2 aromatic carbocycles. The number of nitrogens with one attached hydrogen (secondary N) is 1. The van der Waals surface area contributed by atoms with E-state index in [0.29, 0.717) is 16.6 Å². The van der Waals surface area contributed by atoms with Gasteiger partial charge in [0.05, 0.1) is 16.6 Å². The number of benzene rings is 2. The number of nitrogens with zero attached hydrogens (tertiary/aromatic N) is 2. The molecule has 0 aliphatic heterocycles. The van der Waals surface area contributed by atoms with Gasteiger partial charge in [-0.1, -0.05) is 34.1 Å². The lowest BCUT2D eigenvalue weighted by atomic mass is 10.2. The number of rotatable bonds is 2. The molecule has 1 heterocycles. The van der Waals surface area contributed by atoms with Crippen LogP contribution in [0.4, 0.5) is 5.95 Å². The van der Waals surface area contributed by atoms with Gasteiger partial charge >= 0.3 is 0 Å². The molecule has 3 N–H and O–H groups in total. The van der Waals surface area contributed by atoms with Gasteiger partial charge in [-0.05, 0) is 40.2 Å². The van der Waals surface area contributed by atoms with Crippen LogP contribution >= 0.6 is 31.9 Å². The Morgan fingerprint density at radius 3 is 2.52 bits per heavy atom. The highest BCUT2D eigenvalue weighted by molar-refractivity contribution is 9.11. The molecule has 0 atom stereocenters. The number of halogens is 2. The highest BCUT2D eigenvalue weighted by Crippen LogP contribution is 2.26. The predicted molar refractivity (Wildman–Crippen MR) is 90.6 cm³/mol. The Bertz CT molecular complexity index is 878. The Balaban J connectivity index is 2.45. The van der Waals surface area contributed by atoms with Crippen molar-refractivity contribution in [3.63, 3.8) is 0 Å². The number of hydrogen-bond donors (Lipinski definition) is 2. The third-order valence-corrected chi connectivity index (χ3v) is 4.10. The van der Waals surface area contributed by atoms with Crippen LogP contribution in [0.1, 0.15) is 0 Å². The summed E-state index contributed by atoms with van der Waals surface area (Å²) in [6.45, 7) is 0. The van der Waals surface area contributed by atoms with Gasteiger partial charge in [0.15, 0.2) is 0 Å². The van der Waals surface area contributed by atoms with Crippen molar-refractivity contribution in [2.75, 3.05) is 5.43 Å². The van der Waals surface area contributed by atoms with E-state index < -0.39 is 0 Å². The molecule has 0 unspecified atom stereocenters. The SMILES string of the molecule is NNc1nc2c(Br)cc(Br)cc2c(=O)n1-c1ccccc1. The van der Waals surface area contributed by atoms with Crippen LogP contribution in [-0.2, 0) is 0 Å². The number of hydrazine groups is 1. The van der Waals surface area contributed by atoms with E-state index in [1.54, 1.807) is 6.07 Å². The Morgan fingerprint density at radius 2 is 1.86 bits per heavy atom. The fourth-order valence-electron chi connectivity index (χ4n) is 2.13. The Hall–Kier alpha value is -1.70. The zero-order chi connectivity index (χ0) is 15.0. The fourth-order valence-corrected chi connectivity index (χ4v) is 3.44. The maximum atomic E-state index is 12.8. The molecule has 7 heteroatoms. The second-order valence-electron chi connectivity index (χ2n) is 4.34. The normalized spacial score (nSPS) is 10.8. The fraction of sp³-hybridized carbons (Fsp3) is 0. The van der Waals surface area contributed by atoms with Gasteiger partial charge in [-0.2, -0.15) is 0 Å². The average molecular weight is 410 g/mol. The number of hydrogen-bond acceptors (Lipinski definition) is 4. The minimum atomic E-state index is -0.193. The summed E-state index contributed by atoms with van der Waals surface area (Å²) < 4.78 is 2.97. The smallest absolute Gasteiger partial charge is 0.267 e. The molecule has 0 aliphatic carbocycles. The lowest BCUT2D eigenvalue weighted by Crippen LogP contribution is -2.26. The molecule has 0 bridgehead atoms. The maximum Gasteiger partial charge on any atom is 0.267 e. The van der Waals surface area contributed by atoms with E-state index in [2.05, 4.69) is 42.3 Å². The van der Waals surface area contributed by atoms with Gasteiger partial charge in [-0.3, -0.25) is 10.2 Å². The van der Waals surface area contributed by atoms with Crippen LogP contribution in [0.25, 0.3) is 16.6 Å². The second kappa shape index (κ2) is 5.59. The molecule has 5 nitrogen and oxygen atoms in total. The Labute approximate surface area is 137 Å². The van der Waals surface area contributed by atoms with Gasteiger partial charge in [0.25, 0.3) is 5.56 Å². The van der Waals surface area contributed by atoms with Crippen molar-refractivity contribution < 1.29 is 0 Å². The van der Waals surface area contributed by atoms with Gasteiger partial charge in [0, 0.05) is 8.95 Å². The van der Waals surface area contributed by atoms with Crippen molar-refractivity contribution in [1.29, 1.82) is 0 Å². The van der Waals surface area contributed by atoms with Crippen molar-refractivity contribution in [2.24, 2.45) is 5.84 Å². The van der Waals surface area contributed by atoms with Gasteiger partial charge in [0.1, 0.15) is 0 Å². The second-order valence-corrected chi connectivity index (χ2v) is 6.11. The van der Waals surface area contributed by atoms with Crippen molar-refractivity contribution in [1.82, 2.24) is 9.55 Å². The highest BCUT2D eigenvalue weighted by atomic mass is 79.9. The molecule has 0 fully saturated rings. The molecule has 0 saturated carbocycles. The third kappa shape index (κ3) is 2.48.